The van der Waals surface area contributed by atoms with Gasteiger partial charge in [0.15, 0.2) is 6.61 Å². The summed E-state index contributed by atoms with van der Waals surface area (Å²) in [5.74, 6) is -0.617. The lowest BCUT2D eigenvalue weighted by Crippen LogP contribution is -2.16. The third kappa shape index (κ3) is 3.94. The van der Waals surface area contributed by atoms with Crippen molar-refractivity contribution in [3.05, 3.63) is 50.9 Å². The van der Waals surface area contributed by atoms with Gasteiger partial charge in [-0.3, -0.25) is 9.59 Å². The van der Waals surface area contributed by atoms with Crippen LogP contribution in [0.5, 0.6) is 0 Å². The minimum atomic E-state index is -0.440. The van der Waals surface area contributed by atoms with Gasteiger partial charge in [-0.15, -0.1) is 11.3 Å². The summed E-state index contributed by atoms with van der Waals surface area (Å²) >= 11 is 3.11. The number of esters is 1. The lowest BCUT2D eigenvalue weighted by Gasteiger charge is -2.06. The molecule has 0 bridgehead atoms. The molecule has 0 spiro atoms. The zero-order valence-corrected chi connectivity index (χ0v) is 16.6. The Bertz CT molecular complexity index is 923. The average Bonchev–Trinajstić information content (AvgIpc) is 3.33. The minimum absolute atomic E-state index is 0.0713. The molecular formula is C19H20N2O3S2. The number of aromatic nitrogens is 2. The Kier molecular flexibility index (Phi) is 5.68. The van der Waals surface area contributed by atoms with Crippen LogP contribution in [0.25, 0.3) is 10.6 Å². The maximum absolute atomic E-state index is 12.4. The first-order valence-electron chi connectivity index (χ1n) is 8.32. The van der Waals surface area contributed by atoms with E-state index in [1.165, 1.54) is 11.3 Å². The molecule has 0 radical (unpaired) electrons. The van der Waals surface area contributed by atoms with Gasteiger partial charge in [-0.05, 0) is 38.3 Å². The van der Waals surface area contributed by atoms with E-state index in [0.29, 0.717) is 11.3 Å². The van der Waals surface area contributed by atoms with Crippen molar-refractivity contribution in [1.82, 2.24) is 9.55 Å². The summed E-state index contributed by atoms with van der Waals surface area (Å²) in [6, 6.07) is 3.85. The lowest BCUT2D eigenvalue weighted by atomic mass is 10.1. The highest BCUT2D eigenvalue weighted by Crippen LogP contribution is 2.25. The van der Waals surface area contributed by atoms with E-state index in [1.54, 1.807) is 11.3 Å². The molecule has 3 heterocycles. The van der Waals surface area contributed by atoms with E-state index in [-0.39, 0.29) is 18.8 Å². The highest BCUT2D eigenvalue weighted by atomic mass is 32.1. The van der Waals surface area contributed by atoms with Crippen molar-refractivity contribution >= 4 is 34.4 Å². The molecule has 5 nitrogen and oxygen atoms in total. The molecule has 0 saturated carbocycles. The predicted octanol–water partition coefficient (Wildman–Crippen LogP) is 4.28. The number of Topliss-reactive ketones (excluding diaryl/α,β-unsaturated/α-hetero) is 1. The maximum atomic E-state index is 12.4. The van der Waals surface area contributed by atoms with Gasteiger partial charge in [-0.2, -0.15) is 11.3 Å². The quantitative estimate of drug-likeness (QED) is 0.448. The van der Waals surface area contributed by atoms with Crippen molar-refractivity contribution in [2.75, 3.05) is 6.61 Å². The number of rotatable bonds is 7. The Morgan fingerprint density at radius 3 is 2.73 bits per heavy atom. The van der Waals surface area contributed by atoms with E-state index in [1.807, 2.05) is 49.0 Å². The second-order valence-corrected chi connectivity index (χ2v) is 7.58. The number of ether oxygens (including phenoxy) is 1. The third-order valence-corrected chi connectivity index (χ3v) is 5.82. The summed E-state index contributed by atoms with van der Waals surface area (Å²) in [6.45, 7) is 6.47. The van der Waals surface area contributed by atoms with Crippen LogP contribution < -0.4 is 0 Å². The second-order valence-electron chi connectivity index (χ2n) is 5.95. The van der Waals surface area contributed by atoms with Crippen LogP contribution >= 0.6 is 22.7 Å². The van der Waals surface area contributed by atoms with E-state index < -0.39 is 5.97 Å². The first-order valence-corrected chi connectivity index (χ1v) is 10.1. The molecule has 0 aromatic carbocycles. The van der Waals surface area contributed by atoms with Gasteiger partial charge < -0.3 is 9.30 Å². The Morgan fingerprint density at radius 2 is 2.08 bits per heavy atom. The first-order chi connectivity index (χ1) is 12.5. The fraction of sp³-hybridized carbons (Fsp3) is 0.316. The van der Waals surface area contributed by atoms with E-state index in [4.69, 9.17) is 4.74 Å². The number of carbonyl (C=O) groups is 2. The molecule has 26 heavy (non-hydrogen) atoms. The molecule has 3 aromatic heterocycles. The summed E-state index contributed by atoms with van der Waals surface area (Å²) in [5.41, 5.74) is 4.28. The number of aryl methyl sites for hydroxylation is 1. The van der Waals surface area contributed by atoms with Crippen molar-refractivity contribution in [2.24, 2.45) is 0 Å². The van der Waals surface area contributed by atoms with E-state index >= 15 is 0 Å². The number of thiazole rings is 1. The number of carbonyl (C=O) groups excluding carboxylic acids is 2. The molecule has 0 unspecified atom stereocenters. The van der Waals surface area contributed by atoms with E-state index in [2.05, 4.69) is 9.55 Å². The highest BCUT2D eigenvalue weighted by molar-refractivity contribution is 7.14. The zero-order valence-electron chi connectivity index (χ0n) is 14.9. The van der Waals surface area contributed by atoms with Gasteiger partial charge in [0, 0.05) is 39.8 Å². The Labute approximate surface area is 160 Å². The summed E-state index contributed by atoms with van der Waals surface area (Å²) in [5, 5.41) is 6.75. The molecule has 3 rings (SSSR count). The first kappa shape index (κ1) is 18.5. The average molecular weight is 389 g/mol. The number of hydrogen-bond donors (Lipinski definition) is 0. The van der Waals surface area contributed by atoms with Crippen molar-refractivity contribution in [3.8, 4) is 10.6 Å². The third-order valence-electron chi connectivity index (χ3n) is 4.20. The van der Waals surface area contributed by atoms with E-state index in [9.17, 15) is 9.59 Å². The predicted molar refractivity (Wildman–Crippen MR) is 104 cm³/mol. The van der Waals surface area contributed by atoms with Gasteiger partial charge in [0.05, 0.1) is 12.1 Å². The van der Waals surface area contributed by atoms with Gasteiger partial charge in [0.2, 0.25) is 5.78 Å². The SMILES string of the molecule is CCn1c(C)cc(C(=O)COC(=O)Cc2csc(-c3ccsc3)n2)c1C. The van der Waals surface area contributed by atoms with Crippen molar-refractivity contribution in [2.45, 2.75) is 33.7 Å². The van der Waals surface area contributed by atoms with Gasteiger partial charge in [-0.25, -0.2) is 4.98 Å². The zero-order chi connectivity index (χ0) is 18.7. The summed E-state index contributed by atoms with van der Waals surface area (Å²) in [4.78, 5) is 28.9. The molecule has 136 valence electrons. The van der Waals surface area contributed by atoms with Gasteiger partial charge in [0.1, 0.15) is 5.01 Å². The van der Waals surface area contributed by atoms with Gasteiger partial charge in [0.25, 0.3) is 0 Å². The molecule has 0 amide bonds. The molecule has 0 aliphatic carbocycles. The number of nitrogens with zero attached hydrogens (tertiary/aromatic N) is 2. The molecule has 7 heteroatoms. The Hall–Kier alpha value is -2.25. The summed E-state index contributed by atoms with van der Waals surface area (Å²) in [6.07, 6.45) is 0.0713. The van der Waals surface area contributed by atoms with Crippen LogP contribution in [-0.4, -0.2) is 27.9 Å². The van der Waals surface area contributed by atoms with E-state index in [0.717, 1.165) is 28.5 Å². The van der Waals surface area contributed by atoms with Crippen LogP contribution in [0.15, 0.2) is 28.3 Å². The summed E-state index contributed by atoms with van der Waals surface area (Å²) in [7, 11) is 0. The van der Waals surface area contributed by atoms with Gasteiger partial charge >= 0.3 is 5.97 Å². The van der Waals surface area contributed by atoms with Crippen LogP contribution in [0, 0.1) is 13.8 Å². The maximum Gasteiger partial charge on any atom is 0.312 e. The van der Waals surface area contributed by atoms with Crippen LogP contribution in [0.3, 0.4) is 0 Å². The monoisotopic (exact) mass is 388 g/mol. The van der Waals surface area contributed by atoms with Crippen LogP contribution in [0.2, 0.25) is 0 Å². The minimum Gasteiger partial charge on any atom is -0.457 e. The van der Waals surface area contributed by atoms with Crippen LogP contribution in [0.1, 0.15) is 34.4 Å². The molecule has 0 aliphatic heterocycles. The van der Waals surface area contributed by atoms with Crippen molar-refractivity contribution in [3.63, 3.8) is 0 Å². The molecule has 0 fully saturated rings. The smallest absolute Gasteiger partial charge is 0.312 e. The molecule has 0 aliphatic rings. The normalized spacial score (nSPS) is 10.9. The standard InChI is InChI=1S/C19H20N2O3S2/c1-4-21-12(2)7-16(13(21)3)17(22)9-24-18(23)8-15-11-26-19(20-15)14-5-6-25-10-14/h5-7,10-11H,4,8-9H2,1-3H3. The molecule has 3 aromatic rings. The van der Waals surface area contributed by atoms with Crippen molar-refractivity contribution in [1.29, 1.82) is 0 Å². The fourth-order valence-electron chi connectivity index (χ4n) is 2.90. The fourth-order valence-corrected chi connectivity index (χ4v) is 4.43. The number of hydrogen-bond acceptors (Lipinski definition) is 6. The Balaban J connectivity index is 1.57. The lowest BCUT2D eigenvalue weighted by molar-refractivity contribution is -0.141. The van der Waals surface area contributed by atoms with Crippen LogP contribution in [0.4, 0.5) is 0 Å². The largest absolute Gasteiger partial charge is 0.457 e. The van der Waals surface area contributed by atoms with Crippen LogP contribution in [-0.2, 0) is 22.5 Å². The Morgan fingerprint density at radius 1 is 1.27 bits per heavy atom. The number of ketones is 1. The van der Waals surface area contributed by atoms with Gasteiger partial charge in [-0.1, -0.05) is 0 Å². The molecule has 0 saturated heterocycles. The second kappa shape index (κ2) is 7.97. The van der Waals surface area contributed by atoms with Crippen molar-refractivity contribution < 1.29 is 14.3 Å². The molecule has 0 atom stereocenters. The topological polar surface area (TPSA) is 61.2 Å². The number of thiophene rings is 1. The summed E-state index contributed by atoms with van der Waals surface area (Å²) < 4.78 is 7.23. The molecule has 0 N–H and O–H groups in total. The molecular weight excluding hydrogens is 368 g/mol. The highest BCUT2D eigenvalue weighted by Gasteiger charge is 2.17.